The molecule has 0 saturated carbocycles. The number of aromatic nitrogens is 2. The number of nitrogens with zero attached hydrogens (tertiary/aromatic N) is 3. The van der Waals surface area contributed by atoms with Gasteiger partial charge in [0.25, 0.3) is 0 Å². The Labute approximate surface area is 97.7 Å². The first-order valence-corrected chi connectivity index (χ1v) is 5.56. The number of hydrogen-bond acceptors (Lipinski definition) is 4. The second-order valence-electron chi connectivity index (χ2n) is 3.23. The summed E-state index contributed by atoms with van der Waals surface area (Å²) in [4.78, 5) is 10.1. The van der Waals surface area contributed by atoms with Crippen LogP contribution in [0, 0.1) is 18.3 Å². The smallest absolute Gasteiger partial charge is 0.110 e. The van der Waals surface area contributed by atoms with Crippen LogP contribution in [-0.2, 0) is 0 Å². The van der Waals surface area contributed by atoms with Crippen LogP contribution in [0.2, 0.25) is 0 Å². The lowest BCUT2D eigenvalue weighted by atomic mass is 10.3. The summed E-state index contributed by atoms with van der Waals surface area (Å²) in [6.45, 7) is 1.91. The van der Waals surface area contributed by atoms with Crippen LogP contribution in [0.25, 0.3) is 12.2 Å². The molecule has 0 aliphatic carbocycles. The van der Waals surface area contributed by atoms with Crippen LogP contribution in [0.5, 0.6) is 0 Å². The van der Waals surface area contributed by atoms with Crippen molar-refractivity contribution in [3.05, 3.63) is 45.7 Å². The Morgan fingerprint density at radius 2 is 2.19 bits per heavy atom. The molecule has 3 nitrogen and oxygen atoms in total. The van der Waals surface area contributed by atoms with Crippen molar-refractivity contribution in [3.63, 3.8) is 0 Å². The normalized spacial score (nSPS) is 10.5. The second kappa shape index (κ2) is 4.69. The van der Waals surface area contributed by atoms with Crippen molar-refractivity contribution < 1.29 is 0 Å². The standard InChI is InChI=1S/C12H9N3S/c1-9-7-14-8-10(15-9)2-3-11-4-5-12(6-13)16-11/h2-5,7-8H,1H3. The van der Waals surface area contributed by atoms with Crippen molar-refractivity contribution in [1.82, 2.24) is 9.97 Å². The third-order valence-corrected chi connectivity index (χ3v) is 2.88. The van der Waals surface area contributed by atoms with Crippen molar-refractivity contribution >= 4 is 23.5 Å². The fourth-order valence-corrected chi connectivity index (χ4v) is 1.94. The van der Waals surface area contributed by atoms with Gasteiger partial charge in [0, 0.05) is 11.1 Å². The molecule has 0 atom stereocenters. The molecule has 0 aliphatic heterocycles. The molecule has 16 heavy (non-hydrogen) atoms. The van der Waals surface area contributed by atoms with Gasteiger partial charge in [0.2, 0.25) is 0 Å². The number of thiophene rings is 1. The highest BCUT2D eigenvalue weighted by Crippen LogP contribution is 2.17. The van der Waals surface area contributed by atoms with E-state index in [0.717, 1.165) is 21.1 Å². The molecule has 2 aromatic heterocycles. The van der Waals surface area contributed by atoms with Crippen LogP contribution >= 0.6 is 11.3 Å². The fraction of sp³-hybridized carbons (Fsp3) is 0.0833. The van der Waals surface area contributed by atoms with Crippen LogP contribution in [0.3, 0.4) is 0 Å². The van der Waals surface area contributed by atoms with Gasteiger partial charge in [-0.05, 0) is 31.2 Å². The van der Waals surface area contributed by atoms with E-state index in [1.54, 1.807) is 12.4 Å². The van der Waals surface area contributed by atoms with Gasteiger partial charge in [0.05, 0.1) is 17.6 Å². The largest absolute Gasteiger partial charge is 0.261 e. The molecule has 0 N–H and O–H groups in total. The number of nitriles is 1. The van der Waals surface area contributed by atoms with Crippen LogP contribution in [0.15, 0.2) is 24.5 Å². The molecule has 0 radical (unpaired) electrons. The Bertz CT molecular complexity index is 564. The predicted octanol–water partition coefficient (Wildman–Crippen LogP) is 2.89. The first-order valence-electron chi connectivity index (χ1n) is 4.74. The van der Waals surface area contributed by atoms with Crippen molar-refractivity contribution in [3.8, 4) is 6.07 Å². The molecular weight excluding hydrogens is 218 g/mol. The molecule has 2 aromatic rings. The fourth-order valence-electron chi connectivity index (χ4n) is 1.23. The highest BCUT2D eigenvalue weighted by Gasteiger charge is 1.95. The molecule has 0 unspecified atom stereocenters. The Morgan fingerprint density at radius 3 is 2.88 bits per heavy atom. The van der Waals surface area contributed by atoms with Gasteiger partial charge < -0.3 is 0 Å². The van der Waals surface area contributed by atoms with E-state index in [2.05, 4.69) is 16.0 Å². The van der Waals surface area contributed by atoms with E-state index in [-0.39, 0.29) is 0 Å². The molecule has 2 rings (SSSR count). The summed E-state index contributed by atoms with van der Waals surface area (Å²) < 4.78 is 0. The third kappa shape index (κ3) is 2.53. The highest BCUT2D eigenvalue weighted by atomic mass is 32.1. The Morgan fingerprint density at radius 1 is 1.31 bits per heavy atom. The van der Waals surface area contributed by atoms with E-state index in [1.165, 1.54) is 11.3 Å². The SMILES string of the molecule is Cc1cncc(C=Cc2ccc(C#N)s2)n1. The lowest BCUT2D eigenvalue weighted by Crippen LogP contribution is -1.86. The van der Waals surface area contributed by atoms with Crippen LogP contribution < -0.4 is 0 Å². The quantitative estimate of drug-likeness (QED) is 0.792. The summed E-state index contributed by atoms with van der Waals surface area (Å²) in [5, 5.41) is 8.69. The van der Waals surface area contributed by atoms with Crippen LogP contribution in [0.1, 0.15) is 21.1 Å². The van der Waals surface area contributed by atoms with Gasteiger partial charge in [0.1, 0.15) is 10.9 Å². The van der Waals surface area contributed by atoms with Gasteiger partial charge in [-0.3, -0.25) is 9.97 Å². The minimum atomic E-state index is 0.718. The highest BCUT2D eigenvalue weighted by molar-refractivity contribution is 7.13. The first kappa shape index (κ1) is 10.5. The van der Waals surface area contributed by atoms with Gasteiger partial charge in [-0.15, -0.1) is 11.3 Å². The van der Waals surface area contributed by atoms with E-state index >= 15 is 0 Å². The first-order chi connectivity index (χ1) is 7.78. The lowest BCUT2D eigenvalue weighted by Gasteiger charge is -1.92. The van der Waals surface area contributed by atoms with Crippen molar-refractivity contribution in [2.24, 2.45) is 0 Å². The van der Waals surface area contributed by atoms with Crippen molar-refractivity contribution in [1.29, 1.82) is 5.26 Å². The second-order valence-corrected chi connectivity index (χ2v) is 4.35. The maximum Gasteiger partial charge on any atom is 0.110 e. The average Bonchev–Trinajstić information content (AvgIpc) is 2.74. The summed E-state index contributed by atoms with van der Waals surface area (Å²) in [6.07, 6.45) is 7.26. The zero-order valence-electron chi connectivity index (χ0n) is 8.71. The zero-order valence-corrected chi connectivity index (χ0v) is 9.53. The molecular formula is C12H9N3S. The molecule has 0 fully saturated rings. The molecule has 78 valence electrons. The number of aryl methyl sites for hydroxylation is 1. The molecule has 0 bridgehead atoms. The maximum absolute atomic E-state index is 8.69. The minimum absolute atomic E-state index is 0.718. The number of hydrogen-bond donors (Lipinski definition) is 0. The van der Waals surface area contributed by atoms with Gasteiger partial charge >= 0.3 is 0 Å². The summed E-state index contributed by atoms with van der Waals surface area (Å²) in [6, 6.07) is 5.84. The molecule has 0 spiro atoms. The summed E-state index contributed by atoms with van der Waals surface area (Å²) >= 11 is 1.46. The maximum atomic E-state index is 8.69. The predicted molar refractivity (Wildman–Crippen MR) is 64.7 cm³/mol. The van der Waals surface area contributed by atoms with E-state index in [4.69, 9.17) is 5.26 Å². The van der Waals surface area contributed by atoms with Gasteiger partial charge in [-0.25, -0.2) is 0 Å². The van der Waals surface area contributed by atoms with Crippen molar-refractivity contribution in [2.75, 3.05) is 0 Å². The van der Waals surface area contributed by atoms with E-state index in [0.29, 0.717) is 0 Å². The van der Waals surface area contributed by atoms with E-state index in [9.17, 15) is 0 Å². The minimum Gasteiger partial charge on any atom is -0.261 e. The zero-order chi connectivity index (χ0) is 11.4. The molecule has 2 heterocycles. The Kier molecular flexibility index (Phi) is 3.08. The molecule has 0 saturated heterocycles. The third-order valence-electron chi connectivity index (χ3n) is 1.93. The van der Waals surface area contributed by atoms with E-state index in [1.807, 2.05) is 31.2 Å². The van der Waals surface area contributed by atoms with Gasteiger partial charge in [-0.1, -0.05) is 0 Å². The Balaban J connectivity index is 2.18. The average molecular weight is 227 g/mol. The van der Waals surface area contributed by atoms with Crippen LogP contribution in [0.4, 0.5) is 0 Å². The molecule has 0 amide bonds. The topological polar surface area (TPSA) is 49.6 Å². The molecule has 0 aliphatic rings. The Hall–Kier alpha value is -1.99. The molecule has 4 heteroatoms. The summed E-state index contributed by atoms with van der Waals surface area (Å²) in [7, 11) is 0. The summed E-state index contributed by atoms with van der Waals surface area (Å²) in [5.74, 6) is 0. The monoisotopic (exact) mass is 227 g/mol. The van der Waals surface area contributed by atoms with Gasteiger partial charge in [-0.2, -0.15) is 5.26 Å². The van der Waals surface area contributed by atoms with Crippen molar-refractivity contribution in [2.45, 2.75) is 6.92 Å². The van der Waals surface area contributed by atoms with E-state index < -0.39 is 0 Å². The van der Waals surface area contributed by atoms with Crippen LogP contribution in [-0.4, -0.2) is 9.97 Å². The number of rotatable bonds is 2. The van der Waals surface area contributed by atoms with Gasteiger partial charge in [0.15, 0.2) is 0 Å². The summed E-state index contributed by atoms with van der Waals surface area (Å²) in [5.41, 5.74) is 1.72. The lowest BCUT2D eigenvalue weighted by molar-refractivity contribution is 1.10. The molecule has 0 aromatic carbocycles.